The van der Waals surface area contributed by atoms with Gasteiger partial charge in [-0.2, -0.15) is 0 Å². The Morgan fingerprint density at radius 3 is 2.17 bits per heavy atom. The van der Waals surface area contributed by atoms with Crippen molar-refractivity contribution in [2.24, 2.45) is 0 Å². The number of amides is 3. The molecule has 3 rings (SSSR count). The van der Waals surface area contributed by atoms with Gasteiger partial charge in [0, 0.05) is 5.92 Å². The van der Waals surface area contributed by atoms with E-state index in [0.717, 1.165) is 9.91 Å². The van der Waals surface area contributed by atoms with E-state index in [1.54, 1.807) is 24.3 Å². The van der Waals surface area contributed by atoms with Crippen molar-refractivity contribution in [1.29, 1.82) is 0 Å². The Labute approximate surface area is 142 Å². The smallest absolute Gasteiger partial charge is 0.262 e. The molecule has 0 unspecified atom stereocenters. The van der Waals surface area contributed by atoms with Crippen LogP contribution in [0.1, 0.15) is 52.4 Å². The van der Waals surface area contributed by atoms with E-state index < -0.39 is 23.8 Å². The number of rotatable bonds is 4. The third-order valence-electron chi connectivity index (χ3n) is 3.76. The summed E-state index contributed by atoms with van der Waals surface area (Å²) in [5.74, 6) is -1.19. The summed E-state index contributed by atoms with van der Waals surface area (Å²) in [5.41, 5.74) is 0.639. The van der Waals surface area contributed by atoms with E-state index in [1.807, 2.05) is 13.8 Å². The average molecular weight is 344 g/mol. The second kappa shape index (κ2) is 6.12. The molecule has 124 valence electrons. The Bertz CT molecular complexity index is 795. The molecule has 0 spiro atoms. The van der Waals surface area contributed by atoms with Crippen molar-refractivity contribution in [2.45, 2.75) is 32.7 Å². The molecule has 8 heteroatoms. The summed E-state index contributed by atoms with van der Waals surface area (Å²) < 4.78 is 0. The summed E-state index contributed by atoms with van der Waals surface area (Å²) in [7, 11) is 0. The minimum atomic E-state index is -0.941. The molecule has 0 bridgehead atoms. The fourth-order valence-electron chi connectivity index (χ4n) is 2.41. The van der Waals surface area contributed by atoms with Crippen LogP contribution in [0.3, 0.4) is 0 Å². The van der Waals surface area contributed by atoms with E-state index in [2.05, 4.69) is 15.5 Å². The van der Waals surface area contributed by atoms with Crippen LogP contribution in [0.15, 0.2) is 24.3 Å². The normalized spacial score (nSPS) is 14.9. The van der Waals surface area contributed by atoms with E-state index >= 15 is 0 Å². The maximum absolute atomic E-state index is 12.4. The zero-order chi connectivity index (χ0) is 17.4. The molecule has 7 nitrogen and oxygen atoms in total. The molecular formula is C16H16N4O3S. The number of nitrogens with zero attached hydrogens (tertiary/aromatic N) is 3. The maximum Gasteiger partial charge on any atom is 0.262 e. The quantitative estimate of drug-likeness (QED) is 0.859. The van der Waals surface area contributed by atoms with Crippen molar-refractivity contribution in [3.63, 3.8) is 0 Å². The molecule has 2 aromatic rings. The fourth-order valence-corrected chi connectivity index (χ4v) is 3.15. The number of nitrogens with one attached hydrogen (secondary N) is 1. The lowest BCUT2D eigenvalue weighted by molar-refractivity contribution is -0.119. The Morgan fingerprint density at radius 1 is 1.08 bits per heavy atom. The number of carbonyl (C=O) groups excluding carboxylic acids is 3. The van der Waals surface area contributed by atoms with Gasteiger partial charge < -0.3 is 0 Å². The van der Waals surface area contributed by atoms with Crippen LogP contribution in [0.25, 0.3) is 0 Å². The van der Waals surface area contributed by atoms with E-state index in [0.29, 0.717) is 16.3 Å². The first-order chi connectivity index (χ1) is 11.4. The predicted octanol–water partition coefficient (Wildman–Crippen LogP) is 2.28. The van der Waals surface area contributed by atoms with Crippen LogP contribution in [0, 0.1) is 0 Å². The van der Waals surface area contributed by atoms with Gasteiger partial charge in [0.1, 0.15) is 11.0 Å². The molecular weight excluding hydrogens is 328 g/mol. The van der Waals surface area contributed by atoms with Gasteiger partial charge in [-0.25, -0.2) is 0 Å². The molecule has 1 atom stereocenters. The molecule has 0 saturated heterocycles. The van der Waals surface area contributed by atoms with Crippen LogP contribution in [0.4, 0.5) is 5.13 Å². The van der Waals surface area contributed by atoms with Gasteiger partial charge in [-0.3, -0.25) is 24.6 Å². The van der Waals surface area contributed by atoms with Crippen molar-refractivity contribution in [3.05, 3.63) is 40.4 Å². The van der Waals surface area contributed by atoms with Gasteiger partial charge in [-0.05, 0) is 19.1 Å². The van der Waals surface area contributed by atoms with Crippen molar-refractivity contribution < 1.29 is 14.4 Å². The summed E-state index contributed by atoms with van der Waals surface area (Å²) in [6.45, 7) is 5.47. The highest BCUT2D eigenvalue weighted by Crippen LogP contribution is 2.26. The van der Waals surface area contributed by atoms with E-state index in [-0.39, 0.29) is 5.92 Å². The molecule has 0 saturated carbocycles. The first-order valence-electron chi connectivity index (χ1n) is 7.51. The van der Waals surface area contributed by atoms with Gasteiger partial charge in [0.15, 0.2) is 0 Å². The van der Waals surface area contributed by atoms with E-state index in [4.69, 9.17) is 0 Å². The number of hydrogen-bond acceptors (Lipinski definition) is 6. The molecule has 24 heavy (non-hydrogen) atoms. The Hall–Kier alpha value is -2.61. The van der Waals surface area contributed by atoms with E-state index in [9.17, 15) is 14.4 Å². The van der Waals surface area contributed by atoms with Gasteiger partial charge in [0.25, 0.3) is 11.8 Å². The summed E-state index contributed by atoms with van der Waals surface area (Å²) >= 11 is 1.28. The monoisotopic (exact) mass is 344 g/mol. The molecule has 1 aliphatic heterocycles. The van der Waals surface area contributed by atoms with Gasteiger partial charge >= 0.3 is 0 Å². The topological polar surface area (TPSA) is 92.3 Å². The minimum Gasteiger partial charge on any atom is -0.299 e. The van der Waals surface area contributed by atoms with Crippen molar-refractivity contribution in [2.75, 3.05) is 5.32 Å². The summed E-state index contributed by atoms with van der Waals surface area (Å²) in [4.78, 5) is 38.2. The largest absolute Gasteiger partial charge is 0.299 e. The van der Waals surface area contributed by atoms with Crippen LogP contribution in [0.5, 0.6) is 0 Å². The number of imide groups is 1. The van der Waals surface area contributed by atoms with Crippen molar-refractivity contribution in [1.82, 2.24) is 15.1 Å². The van der Waals surface area contributed by atoms with Gasteiger partial charge in [-0.15, -0.1) is 10.2 Å². The molecule has 0 aliphatic carbocycles. The van der Waals surface area contributed by atoms with Crippen LogP contribution in [0.2, 0.25) is 0 Å². The molecule has 1 aromatic heterocycles. The van der Waals surface area contributed by atoms with Crippen LogP contribution in [-0.4, -0.2) is 38.9 Å². The maximum atomic E-state index is 12.4. The fraction of sp³-hybridized carbons (Fsp3) is 0.312. The minimum absolute atomic E-state index is 0.210. The molecule has 3 amide bonds. The predicted molar refractivity (Wildman–Crippen MR) is 89.0 cm³/mol. The number of aromatic nitrogens is 2. The van der Waals surface area contributed by atoms with Crippen molar-refractivity contribution in [3.8, 4) is 0 Å². The SMILES string of the molecule is CC(C)c1nnc(NC(=O)[C@H](C)N2C(=O)c3ccccc3C2=O)s1. The number of anilines is 1. The standard InChI is InChI=1S/C16H16N4O3S/c1-8(2)13-18-19-16(24-13)17-12(21)9(3)20-14(22)10-6-4-5-7-11(10)15(20)23/h4-9H,1-3H3,(H,17,19,21)/t9-/m0/s1. The Morgan fingerprint density at radius 2 is 1.67 bits per heavy atom. The average Bonchev–Trinajstić information content (AvgIpc) is 3.12. The van der Waals surface area contributed by atoms with Crippen molar-refractivity contribution >= 4 is 34.2 Å². The molecule has 1 aromatic carbocycles. The first-order valence-corrected chi connectivity index (χ1v) is 8.33. The van der Waals surface area contributed by atoms with Gasteiger partial charge in [0.05, 0.1) is 11.1 Å². The lowest BCUT2D eigenvalue weighted by atomic mass is 10.1. The summed E-state index contributed by atoms with van der Waals surface area (Å²) in [6, 6.07) is 5.60. The second-order valence-corrected chi connectivity index (χ2v) is 6.80. The van der Waals surface area contributed by atoms with Crippen LogP contribution in [-0.2, 0) is 4.79 Å². The third kappa shape index (κ3) is 2.69. The second-order valence-electron chi connectivity index (χ2n) is 5.79. The number of hydrogen-bond donors (Lipinski definition) is 1. The molecule has 0 radical (unpaired) electrons. The molecule has 1 N–H and O–H groups in total. The lowest BCUT2D eigenvalue weighted by Gasteiger charge is -2.20. The highest BCUT2D eigenvalue weighted by Gasteiger charge is 2.40. The Balaban J connectivity index is 1.77. The Kier molecular flexibility index (Phi) is 4.15. The molecule has 2 heterocycles. The number of carbonyl (C=O) groups is 3. The van der Waals surface area contributed by atoms with Gasteiger partial charge in [-0.1, -0.05) is 37.3 Å². The van der Waals surface area contributed by atoms with Gasteiger partial charge in [0.2, 0.25) is 11.0 Å². The first kappa shape index (κ1) is 16.3. The summed E-state index contributed by atoms with van der Waals surface area (Å²) in [5, 5.41) is 11.7. The zero-order valence-electron chi connectivity index (χ0n) is 13.4. The lowest BCUT2D eigenvalue weighted by Crippen LogP contribution is -2.45. The zero-order valence-corrected chi connectivity index (χ0v) is 14.3. The number of benzene rings is 1. The van der Waals surface area contributed by atoms with Crippen LogP contribution < -0.4 is 5.32 Å². The van der Waals surface area contributed by atoms with Crippen LogP contribution >= 0.6 is 11.3 Å². The molecule has 1 aliphatic rings. The summed E-state index contributed by atoms with van der Waals surface area (Å²) in [6.07, 6.45) is 0. The third-order valence-corrected chi connectivity index (χ3v) is 4.90. The highest BCUT2D eigenvalue weighted by atomic mass is 32.1. The van der Waals surface area contributed by atoms with E-state index in [1.165, 1.54) is 18.3 Å². The number of fused-ring (bicyclic) bond motifs is 1. The molecule has 0 fully saturated rings. The highest BCUT2D eigenvalue weighted by molar-refractivity contribution is 7.15.